The van der Waals surface area contributed by atoms with Crippen molar-refractivity contribution in [1.82, 2.24) is 15.5 Å². The van der Waals surface area contributed by atoms with Gasteiger partial charge in [-0.05, 0) is 44.2 Å². The van der Waals surface area contributed by atoms with Gasteiger partial charge in [-0.2, -0.15) is 0 Å². The maximum absolute atomic E-state index is 11.7. The Hall–Kier alpha value is -0.680. The second kappa shape index (κ2) is 3.72. The molecule has 0 saturated heterocycles. The maximum Gasteiger partial charge on any atom is 0.282 e. The Balaban J connectivity index is 2.03. The Labute approximate surface area is 97.0 Å². The van der Waals surface area contributed by atoms with Gasteiger partial charge in [0.15, 0.2) is 0 Å². The van der Waals surface area contributed by atoms with E-state index in [-0.39, 0.29) is 11.4 Å². The molecule has 0 atom stereocenters. The van der Waals surface area contributed by atoms with Crippen LogP contribution in [0.1, 0.15) is 36.5 Å². The minimum atomic E-state index is -0.184. The van der Waals surface area contributed by atoms with E-state index in [2.05, 4.69) is 15.5 Å². The molecule has 1 aromatic rings. The minimum absolute atomic E-state index is 0.158. The highest BCUT2D eigenvalue weighted by molar-refractivity contribution is 7.17. The van der Waals surface area contributed by atoms with Gasteiger partial charge in [0.2, 0.25) is 9.47 Å². The molecule has 4 nitrogen and oxygen atoms in total. The van der Waals surface area contributed by atoms with Gasteiger partial charge in [-0.1, -0.05) is 11.3 Å². The smallest absolute Gasteiger partial charge is 0.282 e. The summed E-state index contributed by atoms with van der Waals surface area (Å²) < 4.78 is 0.296. The third-order valence-electron chi connectivity index (χ3n) is 2.63. The van der Waals surface area contributed by atoms with Crippen molar-refractivity contribution in [2.24, 2.45) is 5.92 Å². The Morgan fingerprint density at radius 2 is 2.20 bits per heavy atom. The molecule has 0 radical (unpaired) electrons. The lowest BCUT2D eigenvalue weighted by Gasteiger charge is -2.25. The summed E-state index contributed by atoms with van der Waals surface area (Å²) >= 11 is 6.72. The number of rotatable bonds is 3. The molecular formula is C9H12ClN3OS. The molecule has 1 saturated carbocycles. The monoisotopic (exact) mass is 245 g/mol. The quantitative estimate of drug-likeness (QED) is 0.888. The molecule has 1 heterocycles. The van der Waals surface area contributed by atoms with Crippen molar-refractivity contribution in [2.75, 3.05) is 0 Å². The SMILES string of the molecule is CC(C)(NC(=O)c1nnc(Cl)s1)C1CC1. The fourth-order valence-electron chi connectivity index (χ4n) is 1.55. The number of nitrogens with zero attached hydrogens (tertiary/aromatic N) is 2. The van der Waals surface area contributed by atoms with Crippen molar-refractivity contribution >= 4 is 28.8 Å². The van der Waals surface area contributed by atoms with Crippen LogP contribution in [0.25, 0.3) is 0 Å². The summed E-state index contributed by atoms with van der Waals surface area (Å²) in [5, 5.41) is 10.6. The third-order valence-corrected chi connectivity index (χ3v) is 3.65. The van der Waals surface area contributed by atoms with Crippen LogP contribution >= 0.6 is 22.9 Å². The molecule has 0 unspecified atom stereocenters. The van der Waals surface area contributed by atoms with Crippen molar-refractivity contribution in [3.05, 3.63) is 9.47 Å². The number of halogens is 1. The van der Waals surface area contributed by atoms with Crippen molar-refractivity contribution in [3.63, 3.8) is 0 Å². The van der Waals surface area contributed by atoms with Crippen LogP contribution < -0.4 is 5.32 Å². The van der Waals surface area contributed by atoms with Gasteiger partial charge in [0, 0.05) is 5.54 Å². The average molecular weight is 246 g/mol. The lowest BCUT2D eigenvalue weighted by Crippen LogP contribution is -2.45. The molecule has 15 heavy (non-hydrogen) atoms. The van der Waals surface area contributed by atoms with E-state index >= 15 is 0 Å². The van der Waals surface area contributed by atoms with Gasteiger partial charge in [-0.25, -0.2) is 0 Å². The molecule has 1 N–H and O–H groups in total. The summed E-state index contributed by atoms with van der Waals surface area (Å²) in [6.07, 6.45) is 2.37. The number of nitrogens with one attached hydrogen (secondary N) is 1. The van der Waals surface area contributed by atoms with E-state index in [1.807, 2.05) is 13.8 Å². The summed E-state index contributed by atoms with van der Waals surface area (Å²) in [6, 6.07) is 0. The van der Waals surface area contributed by atoms with Gasteiger partial charge in [-0.15, -0.1) is 10.2 Å². The standard InChI is InChI=1S/C9H12ClN3OS/c1-9(2,5-3-4-5)11-6(14)7-12-13-8(10)15-7/h5H,3-4H2,1-2H3,(H,11,14). The van der Waals surface area contributed by atoms with Crippen LogP contribution in [0.15, 0.2) is 0 Å². The van der Waals surface area contributed by atoms with Crippen molar-refractivity contribution in [2.45, 2.75) is 32.2 Å². The van der Waals surface area contributed by atoms with Gasteiger partial charge in [0.25, 0.3) is 5.91 Å². The van der Waals surface area contributed by atoms with E-state index in [1.165, 1.54) is 12.8 Å². The van der Waals surface area contributed by atoms with Gasteiger partial charge in [0.1, 0.15) is 0 Å². The van der Waals surface area contributed by atoms with Crippen LogP contribution in [0, 0.1) is 5.92 Å². The molecular weight excluding hydrogens is 234 g/mol. The molecule has 1 aromatic heterocycles. The summed E-state index contributed by atoms with van der Waals surface area (Å²) in [4.78, 5) is 11.7. The minimum Gasteiger partial charge on any atom is -0.345 e. The first-order valence-electron chi connectivity index (χ1n) is 4.80. The molecule has 6 heteroatoms. The Kier molecular flexibility index (Phi) is 2.68. The zero-order valence-electron chi connectivity index (χ0n) is 8.58. The topological polar surface area (TPSA) is 54.9 Å². The summed E-state index contributed by atoms with van der Waals surface area (Å²) in [5.74, 6) is 0.404. The second-order valence-corrected chi connectivity index (χ2v) is 5.87. The molecule has 2 rings (SSSR count). The number of amides is 1. The lowest BCUT2D eigenvalue weighted by atomic mass is 9.99. The van der Waals surface area contributed by atoms with E-state index < -0.39 is 0 Å². The van der Waals surface area contributed by atoms with E-state index in [9.17, 15) is 4.79 Å². The first kappa shape index (κ1) is 10.8. The number of aromatic nitrogens is 2. The van der Waals surface area contributed by atoms with Crippen molar-refractivity contribution in [3.8, 4) is 0 Å². The molecule has 0 spiro atoms. The highest BCUT2D eigenvalue weighted by Gasteiger charge is 2.39. The lowest BCUT2D eigenvalue weighted by molar-refractivity contribution is 0.0902. The van der Waals surface area contributed by atoms with Crippen LogP contribution in [0.3, 0.4) is 0 Å². The van der Waals surface area contributed by atoms with Crippen molar-refractivity contribution < 1.29 is 4.79 Å². The van der Waals surface area contributed by atoms with E-state index in [4.69, 9.17) is 11.6 Å². The van der Waals surface area contributed by atoms with E-state index in [0.29, 0.717) is 15.4 Å². The largest absolute Gasteiger partial charge is 0.345 e. The maximum atomic E-state index is 11.7. The molecule has 82 valence electrons. The van der Waals surface area contributed by atoms with Gasteiger partial charge in [-0.3, -0.25) is 4.79 Å². The number of hydrogen-bond acceptors (Lipinski definition) is 4. The van der Waals surface area contributed by atoms with Crippen molar-refractivity contribution in [1.29, 1.82) is 0 Å². The van der Waals surface area contributed by atoms with Crippen LogP contribution in [0.5, 0.6) is 0 Å². The fourth-order valence-corrected chi connectivity index (χ4v) is 2.27. The summed E-state index contributed by atoms with van der Waals surface area (Å²) in [5.41, 5.74) is -0.158. The molecule has 1 fully saturated rings. The van der Waals surface area contributed by atoms with E-state index in [1.54, 1.807) is 0 Å². The van der Waals surface area contributed by atoms with Crippen LogP contribution in [0.2, 0.25) is 4.47 Å². The van der Waals surface area contributed by atoms with Crippen LogP contribution in [0.4, 0.5) is 0 Å². The second-order valence-electron chi connectivity index (χ2n) is 4.31. The predicted molar refractivity (Wildman–Crippen MR) is 59.2 cm³/mol. The Morgan fingerprint density at radius 3 is 2.67 bits per heavy atom. The number of carbonyl (C=O) groups is 1. The third kappa shape index (κ3) is 2.46. The average Bonchev–Trinajstić information content (AvgIpc) is 2.89. The predicted octanol–water partition coefficient (Wildman–Crippen LogP) is 2.11. The molecule has 0 aliphatic heterocycles. The van der Waals surface area contributed by atoms with Crippen LogP contribution in [-0.2, 0) is 0 Å². The first-order chi connectivity index (χ1) is 6.99. The van der Waals surface area contributed by atoms with Gasteiger partial charge >= 0.3 is 0 Å². The van der Waals surface area contributed by atoms with Gasteiger partial charge < -0.3 is 5.32 Å². The van der Waals surface area contributed by atoms with Crippen LogP contribution in [-0.4, -0.2) is 21.6 Å². The highest BCUT2D eigenvalue weighted by atomic mass is 35.5. The van der Waals surface area contributed by atoms with E-state index in [0.717, 1.165) is 11.3 Å². The normalized spacial score (nSPS) is 16.5. The molecule has 0 aromatic carbocycles. The summed E-state index contributed by atoms with van der Waals surface area (Å²) in [7, 11) is 0. The molecule has 1 aliphatic rings. The number of hydrogen-bond donors (Lipinski definition) is 1. The molecule has 0 bridgehead atoms. The Morgan fingerprint density at radius 1 is 1.53 bits per heavy atom. The molecule has 1 aliphatic carbocycles. The highest BCUT2D eigenvalue weighted by Crippen LogP contribution is 2.39. The number of carbonyl (C=O) groups excluding carboxylic acids is 1. The molecule has 1 amide bonds. The first-order valence-corrected chi connectivity index (χ1v) is 6.00. The Bertz CT molecular complexity index is 386. The summed E-state index contributed by atoms with van der Waals surface area (Å²) in [6.45, 7) is 4.07. The zero-order valence-corrected chi connectivity index (χ0v) is 10.2. The fraction of sp³-hybridized carbons (Fsp3) is 0.667. The zero-order chi connectivity index (χ0) is 11.1. The van der Waals surface area contributed by atoms with Gasteiger partial charge in [0.05, 0.1) is 0 Å².